The highest BCUT2D eigenvalue weighted by Crippen LogP contribution is 2.21. The summed E-state index contributed by atoms with van der Waals surface area (Å²) in [6.07, 6.45) is 5.26. The van der Waals surface area contributed by atoms with Gasteiger partial charge in [0.25, 0.3) is 0 Å². The molecule has 18 heavy (non-hydrogen) atoms. The molecule has 2 nitrogen and oxygen atoms in total. The summed E-state index contributed by atoms with van der Waals surface area (Å²) in [4.78, 5) is 0. The highest BCUT2D eigenvalue weighted by Gasteiger charge is 2.22. The summed E-state index contributed by atoms with van der Waals surface area (Å²) in [5.74, 6) is 1.01. The van der Waals surface area contributed by atoms with Gasteiger partial charge in [0.2, 0.25) is 0 Å². The molecular weight excluding hydrogens is 222 g/mol. The normalized spacial score (nSPS) is 16.6. The van der Waals surface area contributed by atoms with Crippen molar-refractivity contribution in [3.8, 4) is 5.75 Å². The van der Waals surface area contributed by atoms with Crippen LogP contribution in [0.25, 0.3) is 0 Å². The molecule has 0 aliphatic heterocycles. The molecule has 0 radical (unpaired) electrons. The Bertz CT molecular complexity index is 385. The molecule has 1 aliphatic rings. The maximum Gasteiger partial charge on any atom is 0.120 e. The van der Waals surface area contributed by atoms with Crippen molar-refractivity contribution in [2.24, 2.45) is 0 Å². The highest BCUT2D eigenvalue weighted by atomic mass is 16.5. The zero-order valence-electron chi connectivity index (χ0n) is 11.8. The standard InChI is InChI=1S/C16H25NO/c1-4-5-16(11-17-14-7-8-14)18-15-9-6-12(2)13(3)10-15/h6,9-10,14,16-17H,4-5,7-8,11H2,1-3H3. The molecule has 0 saturated heterocycles. The van der Waals surface area contributed by atoms with Crippen LogP contribution >= 0.6 is 0 Å². The van der Waals surface area contributed by atoms with Crippen molar-refractivity contribution in [3.63, 3.8) is 0 Å². The van der Waals surface area contributed by atoms with Crippen LogP contribution in [0, 0.1) is 13.8 Å². The maximum atomic E-state index is 6.11. The van der Waals surface area contributed by atoms with Crippen LogP contribution < -0.4 is 10.1 Å². The van der Waals surface area contributed by atoms with Gasteiger partial charge in [-0.25, -0.2) is 0 Å². The molecule has 2 heteroatoms. The van der Waals surface area contributed by atoms with Crippen LogP contribution in [0.3, 0.4) is 0 Å². The summed E-state index contributed by atoms with van der Waals surface area (Å²) in [7, 11) is 0. The summed E-state index contributed by atoms with van der Waals surface area (Å²) in [5, 5.41) is 3.56. The fourth-order valence-corrected chi connectivity index (χ4v) is 2.09. The molecular formula is C16H25NO. The lowest BCUT2D eigenvalue weighted by molar-refractivity contribution is 0.186. The lowest BCUT2D eigenvalue weighted by Crippen LogP contribution is -2.32. The van der Waals surface area contributed by atoms with Crippen molar-refractivity contribution in [1.82, 2.24) is 5.32 Å². The topological polar surface area (TPSA) is 21.3 Å². The third-order valence-corrected chi connectivity index (χ3v) is 3.60. The molecule has 100 valence electrons. The first-order valence-electron chi connectivity index (χ1n) is 7.16. The van der Waals surface area contributed by atoms with Crippen LogP contribution in [0.1, 0.15) is 43.7 Å². The fraction of sp³-hybridized carbons (Fsp3) is 0.625. The Morgan fingerprint density at radius 2 is 2.06 bits per heavy atom. The number of benzene rings is 1. The second-order valence-electron chi connectivity index (χ2n) is 5.46. The minimum absolute atomic E-state index is 0.303. The van der Waals surface area contributed by atoms with E-state index in [4.69, 9.17) is 4.74 Å². The largest absolute Gasteiger partial charge is 0.489 e. The van der Waals surface area contributed by atoms with Crippen molar-refractivity contribution in [2.75, 3.05) is 6.54 Å². The van der Waals surface area contributed by atoms with E-state index in [0.29, 0.717) is 6.10 Å². The molecule has 1 N–H and O–H groups in total. The van der Waals surface area contributed by atoms with Gasteiger partial charge in [-0.1, -0.05) is 19.4 Å². The molecule has 0 bridgehead atoms. The van der Waals surface area contributed by atoms with Crippen molar-refractivity contribution >= 4 is 0 Å². The number of rotatable bonds is 7. The molecule has 2 rings (SSSR count). The predicted octanol–water partition coefficient (Wildman–Crippen LogP) is 3.60. The molecule has 1 aromatic carbocycles. The van der Waals surface area contributed by atoms with Gasteiger partial charge in [0, 0.05) is 12.6 Å². The summed E-state index contributed by atoms with van der Waals surface area (Å²) >= 11 is 0. The highest BCUT2D eigenvalue weighted by molar-refractivity contribution is 5.33. The molecule has 1 atom stereocenters. The van der Waals surface area contributed by atoms with Gasteiger partial charge in [0.15, 0.2) is 0 Å². The molecule has 0 spiro atoms. The van der Waals surface area contributed by atoms with Crippen molar-refractivity contribution in [3.05, 3.63) is 29.3 Å². The Morgan fingerprint density at radius 3 is 2.67 bits per heavy atom. The minimum atomic E-state index is 0.303. The summed E-state index contributed by atoms with van der Waals surface area (Å²) < 4.78 is 6.11. The SMILES string of the molecule is CCCC(CNC1CC1)Oc1ccc(C)c(C)c1. The van der Waals surface area contributed by atoms with Gasteiger partial charge in [-0.2, -0.15) is 0 Å². The Labute approximate surface area is 111 Å². The number of nitrogens with one attached hydrogen (secondary N) is 1. The van der Waals surface area contributed by atoms with Gasteiger partial charge >= 0.3 is 0 Å². The molecule has 1 unspecified atom stereocenters. The zero-order valence-corrected chi connectivity index (χ0v) is 11.8. The van der Waals surface area contributed by atoms with Crippen LogP contribution in [0.2, 0.25) is 0 Å². The van der Waals surface area contributed by atoms with Crippen LogP contribution in [-0.2, 0) is 0 Å². The maximum absolute atomic E-state index is 6.11. The second-order valence-corrected chi connectivity index (χ2v) is 5.46. The Hall–Kier alpha value is -1.02. The van der Waals surface area contributed by atoms with Crippen LogP contribution in [0.4, 0.5) is 0 Å². The van der Waals surface area contributed by atoms with Crippen LogP contribution in [-0.4, -0.2) is 18.7 Å². The van der Waals surface area contributed by atoms with Gasteiger partial charge in [-0.05, 0) is 56.4 Å². The van der Waals surface area contributed by atoms with E-state index in [2.05, 4.69) is 44.3 Å². The van der Waals surface area contributed by atoms with Crippen LogP contribution in [0.15, 0.2) is 18.2 Å². The van der Waals surface area contributed by atoms with Crippen LogP contribution in [0.5, 0.6) is 5.75 Å². The van der Waals surface area contributed by atoms with Crippen molar-refractivity contribution < 1.29 is 4.74 Å². The van der Waals surface area contributed by atoms with Crippen molar-refractivity contribution in [1.29, 1.82) is 0 Å². The summed E-state index contributed by atoms with van der Waals surface area (Å²) in [6.45, 7) is 7.47. The smallest absolute Gasteiger partial charge is 0.120 e. The van der Waals surface area contributed by atoms with Gasteiger partial charge < -0.3 is 10.1 Å². The monoisotopic (exact) mass is 247 g/mol. The third kappa shape index (κ3) is 4.02. The van der Waals surface area contributed by atoms with Gasteiger partial charge in [-0.15, -0.1) is 0 Å². The lowest BCUT2D eigenvalue weighted by Gasteiger charge is -2.20. The van der Waals surface area contributed by atoms with E-state index >= 15 is 0 Å². The zero-order chi connectivity index (χ0) is 13.0. The molecule has 0 aromatic heterocycles. The van der Waals surface area contributed by atoms with Gasteiger partial charge in [0.1, 0.15) is 11.9 Å². The fourth-order valence-electron chi connectivity index (χ4n) is 2.09. The number of aryl methyl sites for hydroxylation is 2. The molecule has 1 aliphatic carbocycles. The minimum Gasteiger partial charge on any atom is -0.489 e. The van der Waals surface area contributed by atoms with Crippen molar-refractivity contribution in [2.45, 2.75) is 58.6 Å². The predicted molar refractivity (Wildman–Crippen MR) is 76.3 cm³/mol. The second kappa shape index (κ2) is 6.24. The molecule has 0 heterocycles. The molecule has 1 fully saturated rings. The molecule has 1 aromatic rings. The third-order valence-electron chi connectivity index (χ3n) is 3.60. The first-order chi connectivity index (χ1) is 8.69. The first-order valence-corrected chi connectivity index (χ1v) is 7.16. The van der Waals surface area contributed by atoms with E-state index in [-0.39, 0.29) is 0 Å². The first kappa shape index (κ1) is 13.4. The van der Waals surface area contributed by atoms with E-state index in [9.17, 15) is 0 Å². The van der Waals surface area contributed by atoms with E-state index in [0.717, 1.165) is 24.8 Å². The lowest BCUT2D eigenvalue weighted by atomic mass is 10.1. The van der Waals surface area contributed by atoms with E-state index in [1.165, 1.54) is 30.4 Å². The Kier molecular flexibility index (Phi) is 4.65. The number of hydrogen-bond acceptors (Lipinski definition) is 2. The Balaban J connectivity index is 1.90. The van der Waals surface area contributed by atoms with E-state index < -0.39 is 0 Å². The molecule has 0 amide bonds. The molecule has 1 saturated carbocycles. The number of ether oxygens (including phenoxy) is 1. The van der Waals surface area contributed by atoms with E-state index in [1.807, 2.05) is 0 Å². The van der Waals surface area contributed by atoms with E-state index in [1.54, 1.807) is 0 Å². The summed E-state index contributed by atoms with van der Waals surface area (Å²) in [5.41, 5.74) is 2.63. The summed E-state index contributed by atoms with van der Waals surface area (Å²) in [6, 6.07) is 7.13. The average molecular weight is 247 g/mol. The quantitative estimate of drug-likeness (QED) is 0.795. The van der Waals surface area contributed by atoms with Gasteiger partial charge in [-0.3, -0.25) is 0 Å². The Morgan fingerprint density at radius 1 is 1.28 bits per heavy atom. The number of hydrogen-bond donors (Lipinski definition) is 1. The van der Waals surface area contributed by atoms with Gasteiger partial charge in [0.05, 0.1) is 0 Å². The average Bonchev–Trinajstić information content (AvgIpc) is 3.15.